The second-order valence-corrected chi connectivity index (χ2v) is 8.20. The molecule has 1 amide bonds. The molecule has 1 N–H and O–H groups in total. The van der Waals surface area contributed by atoms with Crippen molar-refractivity contribution in [3.8, 4) is 5.69 Å². The predicted octanol–water partition coefficient (Wildman–Crippen LogP) is 5.11. The number of hydrogen-bond acceptors (Lipinski definition) is 4. The Morgan fingerprint density at radius 1 is 1.00 bits per heavy atom. The van der Waals surface area contributed by atoms with E-state index in [-0.39, 0.29) is 5.91 Å². The van der Waals surface area contributed by atoms with Crippen LogP contribution in [0.4, 0.5) is 0 Å². The average Bonchev–Trinajstić information content (AvgIpc) is 3.24. The lowest BCUT2D eigenvalue weighted by Crippen LogP contribution is -2.23. The van der Waals surface area contributed by atoms with Crippen LogP contribution in [0.3, 0.4) is 0 Å². The van der Waals surface area contributed by atoms with Crippen LogP contribution in [0, 0.1) is 0 Å². The van der Waals surface area contributed by atoms with E-state index in [1.807, 2.05) is 72.9 Å². The van der Waals surface area contributed by atoms with Gasteiger partial charge in [0.05, 0.1) is 17.4 Å². The number of aromatic nitrogens is 3. The molecule has 2 aromatic carbocycles. The number of nitrogens with zero attached hydrogens (tertiary/aromatic N) is 3. The largest absolute Gasteiger partial charge is 0.348 e. The lowest BCUT2D eigenvalue weighted by Gasteiger charge is -2.09. The number of amides is 1. The lowest BCUT2D eigenvalue weighted by atomic mass is 10.2. The third kappa shape index (κ3) is 4.93. The summed E-state index contributed by atoms with van der Waals surface area (Å²) >= 11 is 4.85. The molecule has 0 aliphatic carbocycles. The number of halogens is 1. The van der Waals surface area contributed by atoms with Gasteiger partial charge >= 0.3 is 0 Å². The van der Waals surface area contributed by atoms with Crippen molar-refractivity contribution in [2.75, 3.05) is 0 Å². The molecule has 29 heavy (non-hydrogen) atoms. The van der Waals surface area contributed by atoms with Gasteiger partial charge in [-0.25, -0.2) is 9.67 Å². The molecule has 2 aromatic heterocycles. The number of carbonyl (C=O) groups is 1. The molecule has 4 aromatic rings. The van der Waals surface area contributed by atoms with Crippen LogP contribution in [0.2, 0.25) is 0 Å². The minimum atomic E-state index is -0.127. The van der Waals surface area contributed by atoms with Gasteiger partial charge in [0.25, 0.3) is 5.91 Å². The highest BCUT2D eigenvalue weighted by Gasteiger charge is 2.13. The Labute approximate surface area is 181 Å². The van der Waals surface area contributed by atoms with Crippen LogP contribution >= 0.6 is 27.7 Å². The van der Waals surface area contributed by atoms with Gasteiger partial charge in [-0.05, 0) is 52.3 Å². The monoisotopic (exact) mass is 464 g/mol. The van der Waals surface area contributed by atoms with Crippen molar-refractivity contribution in [2.45, 2.75) is 16.5 Å². The molecule has 4 rings (SSSR count). The number of pyridine rings is 1. The minimum absolute atomic E-state index is 0.127. The summed E-state index contributed by atoms with van der Waals surface area (Å²) in [6, 6.07) is 21.2. The number of carbonyl (C=O) groups excluding carboxylic acids is 1. The third-order valence-electron chi connectivity index (χ3n) is 4.16. The van der Waals surface area contributed by atoms with Crippen LogP contribution < -0.4 is 5.32 Å². The molecule has 0 unspecified atom stereocenters. The Morgan fingerprint density at radius 3 is 2.59 bits per heavy atom. The molecule has 0 saturated heterocycles. The summed E-state index contributed by atoms with van der Waals surface area (Å²) < 4.78 is 2.72. The number of benzene rings is 2. The molecule has 0 aliphatic heterocycles. The lowest BCUT2D eigenvalue weighted by molar-refractivity contribution is 0.0948. The number of hydrogen-bond donors (Lipinski definition) is 1. The van der Waals surface area contributed by atoms with E-state index < -0.39 is 0 Å². The van der Waals surface area contributed by atoms with Gasteiger partial charge in [0.2, 0.25) is 0 Å². The van der Waals surface area contributed by atoms with Crippen LogP contribution in [0.25, 0.3) is 5.69 Å². The Hall–Kier alpha value is -2.90. The minimum Gasteiger partial charge on any atom is -0.348 e. The molecule has 144 valence electrons. The van der Waals surface area contributed by atoms with Crippen molar-refractivity contribution in [1.82, 2.24) is 20.1 Å². The van der Waals surface area contributed by atoms with Crippen molar-refractivity contribution >= 4 is 33.6 Å². The van der Waals surface area contributed by atoms with Crippen molar-refractivity contribution in [3.05, 3.63) is 101 Å². The highest BCUT2D eigenvalue weighted by Crippen LogP contribution is 2.29. The molecule has 0 radical (unpaired) electrons. The van der Waals surface area contributed by atoms with Gasteiger partial charge < -0.3 is 5.32 Å². The Bertz CT molecular complexity index is 1110. The van der Waals surface area contributed by atoms with Gasteiger partial charge in [0.1, 0.15) is 5.03 Å². The van der Waals surface area contributed by atoms with Crippen LogP contribution in [0.5, 0.6) is 0 Å². The summed E-state index contributed by atoms with van der Waals surface area (Å²) in [7, 11) is 0. The van der Waals surface area contributed by atoms with Crippen LogP contribution in [0.1, 0.15) is 15.9 Å². The standard InChI is InChI=1S/C22H17BrN4OS/c23-17-10-11-21(24-14-17)29-20-9-5-4-8-19(20)22(28)25-12-16-13-26-27(15-16)18-6-2-1-3-7-18/h1-11,13-15H,12H2,(H,25,28). The number of nitrogens with one attached hydrogen (secondary N) is 1. The molecule has 0 saturated carbocycles. The van der Waals surface area contributed by atoms with Crippen LogP contribution in [0.15, 0.2) is 99.7 Å². The fourth-order valence-corrected chi connectivity index (χ4v) is 3.85. The molecule has 5 nitrogen and oxygen atoms in total. The second-order valence-electron chi connectivity index (χ2n) is 6.22. The highest BCUT2D eigenvalue weighted by atomic mass is 79.9. The zero-order valence-electron chi connectivity index (χ0n) is 15.3. The fraction of sp³-hybridized carbons (Fsp3) is 0.0455. The SMILES string of the molecule is O=C(NCc1cnn(-c2ccccc2)c1)c1ccccc1Sc1ccc(Br)cn1. The van der Waals surface area contributed by atoms with Crippen molar-refractivity contribution in [1.29, 1.82) is 0 Å². The molecule has 0 atom stereocenters. The summed E-state index contributed by atoms with van der Waals surface area (Å²) in [5.74, 6) is -0.127. The third-order valence-corrected chi connectivity index (χ3v) is 5.65. The van der Waals surface area contributed by atoms with Crippen molar-refractivity contribution in [3.63, 3.8) is 0 Å². The zero-order valence-corrected chi connectivity index (χ0v) is 17.7. The van der Waals surface area contributed by atoms with E-state index in [1.165, 1.54) is 11.8 Å². The van der Waals surface area contributed by atoms with E-state index in [9.17, 15) is 4.79 Å². The maximum atomic E-state index is 12.8. The highest BCUT2D eigenvalue weighted by molar-refractivity contribution is 9.10. The van der Waals surface area contributed by atoms with E-state index in [1.54, 1.807) is 17.1 Å². The number of para-hydroxylation sites is 1. The zero-order chi connectivity index (χ0) is 20.1. The molecular formula is C22H17BrN4OS. The smallest absolute Gasteiger partial charge is 0.252 e. The van der Waals surface area contributed by atoms with E-state index in [0.29, 0.717) is 12.1 Å². The van der Waals surface area contributed by atoms with Gasteiger partial charge in [-0.3, -0.25) is 4.79 Å². The molecular weight excluding hydrogens is 448 g/mol. The first-order chi connectivity index (χ1) is 14.2. The van der Waals surface area contributed by atoms with Gasteiger partial charge in [-0.15, -0.1) is 0 Å². The average molecular weight is 465 g/mol. The fourth-order valence-electron chi connectivity index (χ4n) is 2.73. The first kappa shape index (κ1) is 19.4. The van der Waals surface area contributed by atoms with Crippen molar-refractivity contribution in [2.24, 2.45) is 0 Å². The summed E-state index contributed by atoms with van der Waals surface area (Å²) in [6.07, 6.45) is 5.43. The molecule has 0 fully saturated rings. The summed E-state index contributed by atoms with van der Waals surface area (Å²) in [6.45, 7) is 0.404. The normalized spacial score (nSPS) is 10.7. The maximum Gasteiger partial charge on any atom is 0.252 e. The maximum absolute atomic E-state index is 12.8. The Morgan fingerprint density at radius 2 is 1.79 bits per heavy atom. The van der Waals surface area contributed by atoms with Crippen molar-refractivity contribution < 1.29 is 4.79 Å². The molecule has 0 bridgehead atoms. The molecule has 0 spiro atoms. The van der Waals surface area contributed by atoms with Gasteiger partial charge in [0.15, 0.2) is 0 Å². The molecule has 7 heteroatoms. The van der Waals surface area contributed by atoms with Gasteiger partial charge in [-0.1, -0.05) is 42.1 Å². The molecule has 2 heterocycles. The van der Waals surface area contributed by atoms with Crippen LogP contribution in [-0.4, -0.2) is 20.7 Å². The summed E-state index contributed by atoms with van der Waals surface area (Å²) in [4.78, 5) is 18.0. The van der Waals surface area contributed by atoms with Gasteiger partial charge in [0, 0.05) is 33.9 Å². The number of rotatable bonds is 6. The topological polar surface area (TPSA) is 59.8 Å². The van der Waals surface area contributed by atoms with E-state index in [4.69, 9.17) is 0 Å². The Balaban J connectivity index is 1.44. The van der Waals surface area contributed by atoms with E-state index >= 15 is 0 Å². The van der Waals surface area contributed by atoms with E-state index in [0.717, 1.165) is 25.6 Å². The first-order valence-electron chi connectivity index (χ1n) is 8.95. The molecule has 0 aliphatic rings. The summed E-state index contributed by atoms with van der Waals surface area (Å²) in [5, 5.41) is 8.18. The van der Waals surface area contributed by atoms with Crippen LogP contribution in [-0.2, 0) is 6.54 Å². The van der Waals surface area contributed by atoms with Gasteiger partial charge in [-0.2, -0.15) is 5.10 Å². The predicted molar refractivity (Wildman–Crippen MR) is 117 cm³/mol. The summed E-state index contributed by atoms with van der Waals surface area (Å²) in [5.41, 5.74) is 2.54. The first-order valence-corrected chi connectivity index (χ1v) is 10.6. The Kier molecular flexibility index (Phi) is 6.07. The van der Waals surface area contributed by atoms with E-state index in [2.05, 4.69) is 31.3 Å². The quantitative estimate of drug-likeness (QED) is 0.430. The second kappa shape index (κ2) is 9.07.